The first kappa shape index (κ1) is 13.7. The van der Waals surface area contributed by atoms with Gasteiger partial charge in [0, 0.05) is 17.0 Å². The maximum absolute atomic E-state index is 3.63. The Balaban J connectivity index is 2.56. The first-order valence-electron chi connectivity index (χ1n) is 6.12. The fourth-order valence-corrected chi connectivity index (χ4v) is 2.55. The van der Waals surface area contributed by atoms with Crippen LogP contribution in [0.1, 0.15) is 45.9 Å². The number of hydrogen-bond acceptors (Lipinski definition) is 2. The van der Waals surface area contributed by atoms with Crippen molar-refractivity contribution >= 4 is 11.3 Å². The quantitative estimate of drug-likeness (QED) is 0.816. The van der Waals surface area contributed by atoms with Crippen molar-refractivity contribution < 1.29 is 0 Å². The third kappa shape index (κ3) is 4.67. The van der Waals surface area contributed by atoms with Gasteiger partial charge in [0.2, 0.25) is 0 Å². The van der Waals surface area contributed by atoms with Crippen molar-refractivity contribution in [1.82, 2.24) is 5.32 Å². The summed E-state index contributed by atoms with van der Waals surface area (Å²) in [6.07, 6.45) is 2.40. The van der Waals surface area contributed by atoms with Crippen LogP contribution in [0, 0.1) is 5.41 Å². The lowest BCUT2D eigenvalue weighted by molar-refractivity contribution is 0.256. The van der Waals surface area contributed by atoms with E-state index in [0.29, 0.717) is 5.41 Å². The van der Waals surface area contributed by atoms with Crippen LogP contribution in [0.3, 0.4) is 0 Å². The summed E-state index contributed by atoms with van der Waals surface area (Å²) in [7, 11) is 0. The monoisotopic (exact) mass is 239 g/mol. The van der Waals surface area contributed by atoms with E-state index in [9.17, 15) is 0 Å². The molecule has 0 aromatic carbocycles. The summed E-state index contributed by atoms with van der Waals surface area (Å²) in [6, 6.07) is 4.39. The minimum atomic E-state index is 0.214. The molecule has 0 aliphatic heterocycles. The Bertz CT molecular complexity index is 297. The summed E-state index contributed by atoms with van der Waals surface area (Å²) in [5.41, 5.74) is 0.587. The van der Waals surface area contributed by atoms with E-state index in [1.807, 2.05) is 11.3 Å². The van der Waals surface area contributed by atoms with Crippen LogP contribution in [0.2, 0.25) is 0 Å². The molecule has 1 atom stereocenters. The van der Waals surface area contributed by atoms with Crippen LogP contribution in [-0.4, -0.2) is 12.1 Å². The van der Waals surface area contributed by atoms with Crippen LogP contribution >= 0.6 is 11.3 Å². The molecule has 2 heteroatoms. The van der Waals surface area contributed by atoms with Crippen molar-refractivity contribution in [2.24, 2.45) is 5.41 Å². The zero-order valence-corrected chi connectivity index (χ0v) is 12.1. The number of nitrogens with one attached hydrogen (secondary N) is 1. The van der Waals surface area contributed by atoms with Gasteiger partial charge in [0.05, 0.1) is 0 Å². The lowest BCUT2D eigenvalue weighted by Crippen LogP contribution is -2.43. The Kier molecular flexibility index (Phi) is 4.57. The molecule has 1 N–H and O–H groups in total. The van der Waals surface area contributed by atoms with Gasteiger partial charge in [-0.2, -0.15) is 0 Å². The average molecular weight is 239 g/mol. The molecule has 1 heterocycles. The van der Waals surface area contributed by atoms with Gasteiger partial charge in [-0.15, -0.1) is 11.3 Å². The lowest BCUT2D eigenvalue weighted by atomic mass is 9.82. The Morgan fingerprint density at radius 3 is 2.38 bits per heavy atom. The Labute approximate surface area is 104 Å². The van der Waals surface area contributed by atoms with E-state index in [1.54, 1.807) is 0 Å². The maximum atomic E-state index is 3.63. The smallest absolute Gasteiger partial charge is 0.00967 e. The van der Waals surface area contributed by atoms with Crippen LogP contribution < -0.4 is 5.32 Å². The summed E-state index contributed by atoms with van der Waals surface area (Å²) in [4.78, 5) is 1.50. The molecule has 0 fully saturated rings. The van der Waals surface area contributed by atoms with Gasteiger partial charge in [0.15, 0.2) is 0 Å². The maximum Gasteiger partial charge on any atom is 0.00967 e. The molecule has 16 heavy (non-hydrogen) atoms. The van der Waals surface area contributed by atoms with Gasteiger partial charge in [-0.3, -0.25) is 0 Å². The van der Waals surface area contributed by atoms with E-state index in [1.165, 1.54) is 17.7 Å². The highest BCUT2D eigenvalue weighted by molar-refractivity contribution is 7.09. The molecule has 0 radical (unpaired) electrons. The molecule has 1 unspecified atom stereocenters. The predicted molar refractivity (Wildman–Crippen MR) is 74.2 cm³/mol. The van der Waals surface area contributed by atoms with Crippen LogP contribution in [-0.2, 0) is 6.42 Å². The zero-order valence-electron chi connectivity index (χ0n) is 11.3. The van der Waals surface area contributed by atoms with Gasteiger partial charge in [-0.1, -0.05) is 19.9 Å². The van der Waals surface area contributed by atoms with Gasteiger partial charge >= 0.3 is 0 Å². The highest BCUT2D eigenvalue weighted by atomic mass is 32.1. The zero-order chi connectivity index (χ0) is 12.2. The first-order chi connectivity index (χ1) is 7.35. The van der Waals surface area contributed by atoms with Crippen molar-refractivity contribution in [1.29, 1.82) is 0 Å². The SMILES string of the molecule is CCC(C)(CNC(C)(C)C)Cc1cccs1. The number of hydrogen-bond donors (Lipinski definition) is 1. The van der Waals surface area contributed by atoms with Gasteiger partial charge in [0.25, 0.3) is 0 Å². The molecule has 0 saturated carbocycles. The molecule has 0 aliphatic carbocycles. The largest absolute Gasteiger partial charge is 0.312 e. The van der Waals surface area contributed by atoms with Crippen molar-refractivity contribution in [3.8, 4) is 0 Å². The van der Waals surface area contributed by atoms with Gasteiger partial charge in [-0.05, 0) is 50.5 Å². The Morgan fingerprint density at radius 1 is 1.25 bits per heavy atom. The van der Waals surface area contributed by atoms with E-state index in [0.717, 1.165) is 6.54 Å². The van der Waals surface area contributed by atoms with E-state index in [2.05, 4.69) is 57.4 Å². The molecule has 1 rings (SSSR count). The second kappa shape index (κ2) is 5.33. The van der Waals surface area contributed by atoms with Crippen LogP contribution in [0.25, 0.3) is 0 Å². The second-order valence-electron chi connectivity index (χ2n) is 6.02. The topological polar surface area (TPSA) is 12.0 Å². The third-order valence-corrected chi connectivity index (χ3v) is 3.96. The highest BCUT2D eigenvalue weighted by Crippen LogP contribution is 2.28. The fourth-order valence-electron chi connectivity index (χ4n) is 1.62. The molecule has 0 amide bonds. The van der Waals surface area contributed by atoms with Crippen molar-refractivity contribution in [2.75, 3.05) is 6.54 Å². The van der Waals surface area contributed by atoms with Crippen LogP contribution in [0.4, 0.5) is 0 Å². The molecule has 1 aromatic rings. The van der Waals surface area contributed by atoms with Crippen molar-refractivity contribution in [2.45, 2.75) is 53.0 Å². The first-order valence-corrected chi connectivity index (χ1v) is 7.00. The average Bonchev–Trinajstić information content (AvgIpc) is 2.66. The van der Waals surface area contributed by atoms with Crippen LogP contribution in [0.15, 0.2) is 17.5 Å². The van der Waals surface area contributed by atoms with E-state index >= 15 is 0 Å². The normalized spacial score (nSPS) is 16.1. The lowest BCUT2D eigenvalue weighted by Gasteiger charge is -2.32. The third-order valence-electron chi connectivity index (χ3n) is 3.08. The van der Waals surface area contributed by atoms with Gasteiger partial charge in [-0.25, -0.2) is 0 Å². The van der Waals surface area contributed by atoms with Crippen molar-refractivity contribution in [3.63, 3.8) is 0 Å². The second-order valence-corrected chi connectivity index (χ2v) is 7.06. The fraction of sp³-hybridized carbons (Fsp3) is 0.714. The summed E-state index contributed by atoms with van der Waals surface area (Å²) < 4.78 is 0. The Morgan fingerprint density at radius 2 is 1.94 bits per heavy atom. The number of rotatable bonds is 5. The van der Waals surface area contributed by atoms with E-state index < -0.39 is 0 Å². The molecule has 92 valence electrons. The summed E-state index contributed by atoms with van der Waals surface area (Å²) in [5, 5.41) is 5.80. The standard InChI is InChI=1S/C14H25NS/c1-6-14(5,11-15-13(2,3)4)10-12-8-7-9-16-12/h7-9,15H,6,10-11H2,1-5H3. The van der Waals surface area contributed by atoms with Gasteiger partial charge in [0.1, 0.15) is 0 Å². The molecular formula is C14H25NS. The highest BCUT2D eigenvalue weighted by Gasteiger charge is 2.24. The summed E-state index contributed by atoms with van der Waals surface area (Å²) in [5.74, 6) is 0. The van der Waals surface area contributed by atoms with Gasteiger partial charge < -0.3 is 5.32 Å². The molecule has 1 aromatic heterocycles. The summed E-state index contributed by atoms with van der Waals surface area (Å²) >= 11 is 1.87. The molecule has 0 aliphatic rings. The predicted octanol–water partition coefficient (Wildman–Crippen LogP) is 4.10. The molecule has 1 nitrogen and oxygen atoms in total. The minimum Gasteiger partial charge on any atom is -0.312 e. The minimum absolute atomic E-state index is 0.214. The summed E-state index contributed by atoms with van der Waals surface area (Å²) in [6.45, 7) is 12.4. The van der Waals surface area contributed by atoms with E-state index in [4.69, 9.17) is 0 Å². The van der Waals surface area contributed by atoms with Crippen molar-refractivity contribution in [3.05, 3.63) is 22.4 Å². The van der Waals surface area contributed by atoms with E-state index in [-0.39, 0.29) is 5.54 Å². The Hall–Kier alpha value is -0.340. The molecule has 0 saturated heterocycles. The number of thiophene rings is 1. The molecule has 0 spiro atoms. The van der Waals surface area contributed by atoms with Crippen LogP contribution in [0.5, 0.6) is 0 Å². The molecule has 0 bridgehead atoms. The molecular weight excluding hydrogens is 214 g/mol.